The standard InChI is InChI=1S/C27H35N3O5S2/c1-18(2)37(34,35)24-10-6-5-9-21(24)30-16-13-20(22(31)17-30)28-26(33)27(14-7-4-8-15-27)29-25(32)23-12-11-19(3)36-23/h5-6,9-12,18,20H,4,7-8,13-17H2,1-3H3,(H,28,33)(H,29,32). The molecule has 1 saturated carbocycles. The van der Waals surface area contributed by atoms with E-state index in [1.54, 1.807) is 49.1 Å². The zero-order valence-electron chi connectivity index (χ0n) is 21.6. The fourth-order valence-electron chi connectivity index (χ4n) is 5.09. The zero-order valence-corrected chi connectivity index (χ0v) is 23.2. The first-order valence-corrected chi connectivity index (χ1v) is 15.2. The van der Waals surface area contributed by atoms with Crippen LogP contribution in [0.4, 0.5) is 5.69 Å². The van der Waals surface area contributed by atoms with Crippen molar-refractivity contribution in [3.05, 3.63) is 46.2 Å². The Balaban J connectivity index is 1.47. The van der Waals surface area contributed by atoms with Crippen LogP contribution < -0.4 is 15.5 Å². The van der Waals surface area contributed by atoms with Gasteiger partial charge >= 0.3 is 0 Å². The first-order valence-electron chi connectivity index (χ1n) is 12.8. The number of carbonyl (C=O) groups excluding carboxylic acids is 3. The fraction of sp³-hybridized carbons (Fsp3) is 0.519. The van der Waals surface area contributed by atoms with Crippen LogP contribution in [0, 0.1) is 6.92 Å². The minimum absolute atomic E-state index is 0.00338. The minimum atomic E-state index is -3.52. The molecule has 2 fully saturated rings. The Morgan fingerprint density at radius 3 is 2.41 bits per heavy atom. The molecule has 8 nitrogen and oxygen atoms in total. The van der Waals surface area contributed by atoms with Crippen molar-refractivity contribution in [2.24, 2.45) is 0 Å². The van der Waals surface area contributed by atoms with Gasteiger partial charge in [-0.3, -0.25) is 14.4 Å². The van der Waals surface area contributed by atoms with Gasteiger partial charge in [-0.25, -0.2) is 8.42 Å². The summed E-state index contributed by atoms with van der Waals surface area (Å²) in [7, 11) is -3.52. The number of amides is 2. The van der Waals surface area contributed by atoms with Crippen LogP contribution in [0.25, 0.3) is 0 Å². The highest BCUT2D eigenvalue weighted by atomic mass is 32.2. The van der Waals surface area contributed by atoms with Crippen LogP contribution in [0.1, 0.15) is 66.9 Å². The second-order valence-electron chi connectivity index (χ2n) is 10.3. The van der Waals surface area contributed by atoms with Crippen molar-refractivity contribution >= 4 is 44.5 Å². The lowest BCUT2D eigenvalue weighted by Gasteiger charge is -2.39. The summed E-state index contributed by atoms with van der Waals surface area (Å²) in [5.74, 6) is -0.759. The lowest BCUT2D eigenvalue weighted by Crippen LogP contribution is -2.63. The molecule has 2 aromatic rings. The number of benzene rings is 1. The molecule has 0 radical (unpaired) electrons. The molecule has 10 heteroatoms. The van der Waals surface area contributed by atoms with Crippen LogP contribution in [0.5, 0.6) is 0 Å². The highest BCUT2D eigenvalue weighted by Crippen LogP contribution is 2.32. The maximum Gasteiger partial charge on any atom is 0.262 e. The van der Waals surface area contributed by atoms with E-state index in [4.69, 9.17) is 0 Å². The van der Waals surface area contributed by atoms with Gasteiger partial charge in [0.2, 0.25) is 5.91 Å². The maximum atomic E-state index is 13.6. The predicted octanol–water partition coefficient (Wildman–Crippen LogP) is 3.64. The van der Waals surface area contributed by atoms with Crippen LogP contribution in [0.2, 0.25) is 0 Å². The third-order valence-corrected chi connectivity index (χ3v) is 10.5. The number of ketones is 1. The Bertz CT molecular complexity index is 1280. The third kappa shape index (κ3) is 5.75. The molecule has 0 bridgehead atoms. The van der Waals surface area contributed by atoms with E-state index in [1.807, 2.05) is 13.0 Å². The van der Waals surface area contributed by atoms with Crippen molar-refractivity contribution in [3.63, 3.8) is 0 Å². The first kappa shape index (κ1) is 27.3. The van der Waals surface area contributed by atoms with E-state index in [9.17, 15) is 22.8 Å². The Morgan fingerprint density at radius 2 is 1.78 bits per heavy atom. The van der Waals surface area contributed by atoms with Crippen LogP contribution >= 0.6 is 11.3 Å². The molecule has 2 aliphatic rings. The van der Waals surface area contributed by atoms with Crippen molar-refractivity contribution in [1.82, 2.24) is 10.6 Å². The molecular weight excluding hydrogens is 510 g/mol. The fourth-order valence-corrected chi connectivity index (χ4v) is 7.12. The molecule has 0 spiro atoms. The first-order chi connectivity index (χ1) is 17.5. The van der Waals surface area contributed by atoms with Gasteiger partial charge < -0.3 is 15.5 Å². The molecule has 1 saturated heterocycles. The molecule has 2 N–H and O–H groups in total. The molecular formula is C27H35N3O5S2. The highest BCUT2D eigenvalue weighted by Gasteiger charge is 2.43. The predicted molar refractivity (Wildman–Crippen MR) is 145 cm³/mol. The average Bonchev–Trinajstić information content (AvgIpc) is 3.32. The second-order valence-corrected chi connectivity index (χ2v) is 14.0. The van der Waals surface area contributed by atoms with Gasteiger partial charge in [0.05, 0.1) is 33.3 Å². The molecule has 1 aliphatic heterocycles. The topological polar surface area (TPSA) is 113 Å². The summed E-state index contributed by atoms with van der Waals surface area (Å²) in [6.45, 7) is 5.63. The number of rotatable bonds is 7. The third-order valence-electron chi connectivity index (χ3n) is 7.32. The van der Waals surface area contributed by atoms with Crippen LogP contribution in [0.15, 0.2) is 41.3 Å². The lowest BCUT2D eigenvalue weighted by atomic mass is 9.80. The number of piperidine rings is 1. The summed E-state index contributed by atoms with van der Waals surface area (Å²) < 4.78 is 25.8. The molecule has 37 heavy (non-hydrogen) atoms. The van der Waals surface area contributed by atoms with Crippen LogP contribution in [-0.2, 0) is 19.4 Å². The quantitative estimate of drug-likeness (QED) is 0.549. The summed E-state index contributed by atoms with van der Waals surface area (Å²) in [5, 5.41) is 5.36. The van der Waals surface area contributed by atoms with E-state index in [-0.39, 0.29) is 29.0 Å². The number of thiophene rings is 1. The van der Waals surface area contributed by atoms with Crippen LogP contribution in [-0.4, -0.2) is 55.9 Å². The van der Waals surface area contributed by atoms with Gasteiger partial charge in [-0.2, -0.15) is 0 Å². The monoisotopic (exact) mass is 545 g/mol. The number of anilines is 1. The number of aryl methyl sites for hydroxylation is 1. The lowest BCUT2D eigenvalue weighted by molar-refractivity contribution is -0.133. The summed E-state index contributed by atoms with van der Waals surface area (Å²) >= 11 is 1.39. The number of sulfone groups is 1. The molecule has 1 aliphatic carbocycles. The Kier molecular flexibility index (Phi) is 8.08. The van der Waals surface area contributed by atoms with Gasteiger partial charge in [0.25, 0.3) is 5.91 Å². The van der Waals surface area contributed by atoms with E-state index in [1.165, 1.54) is 11.3 Å². The van der Waals surface area contributed by atoms with Gasteiger partial charge in [-0.1, -0.05) is 31.4 Å². The summed E-state index contributed by atoms with van der Waals surface area (Å²) in [5.41, 5.74) is -0.528. The largest absolute Gasteiger partial charge is 0.363 e. The number of hydrogen-bond acceptors (Lipinski definition) is 7. The second kappa shape index (κ2) is 10.9. The SMILES string of the molecule is Cc1ccc(C(=O)NC2(C(=O)NC3CCN(c4ccccc4S(=O)(=O)C(C)C)CC3=O)CCCCC2)s1. The Labute approximate surface area is 222 Å². The number of Topliss-reactive ketones (excluding diaryl/α,β-unsaturated/α-hetero) is 1. The van der Waals surface area contributed by atoms with Crippen molar-refractivity contribution in [1.29, 1.82) is 0 Å². The van der Waals surface area contributed by atoms with Crippen LogP contribution in [0.3, 0.4) is 0 Å². The summed E-state index contributed by atoms with van der Waals surface area (Å²) in [6, 6.07) is 9.70. The molecule has 1 unspecified atom stereocenters. The van der Waals surface area contributed by atoms with Gasteiger partial charge in [-0.05, 0) is 64.3 Å². The number of nitrogens with one attached hydrogen (secondary N) is 2. The van der Waals surface area contributed by atoms with E-state index in [0.717, 1.165) is 24.1 Å². The normalized spacial score (nSPS) is 20.1. The molecule has 1 aromatic carbocycles. The van der Waals surface area contributed by atoms with E-state index >= 15 is 0 Å². The number of nitrogens with zero attached hydrogens (tertiary/aromatic N) is 1. The molecule has 4 rings (SSSR count). The molecule has 2 amide bonds. The number of hydrogen-bond donors (Lipinski definition) is 2. The van der Waals surface area contributed by atoms with Gasteiger partial charge in [0, 0.05) is 11.4 Å². The van der Waals surface area contributed by atoms with Crippen molar-refractivity contribution in [3.8, 4) is 0 Å². The van der Waals surface area contributed by atoms with E-state index < -0.39 is 26.7 Å². The Morgan fingerprint density at radius 1 is 1.08 bits per heavy atom. The van der Waals surface area contributed by atoms with Crippen molar-refractivity contribution in [2.45, 2.75) is 81.0 Å². The van der Waals surface area contributed by atoms with Crippen molar-refractivity contribution < 1.29 is 22.8 Å². The Hall–Kier alpha value is -2.72. The van der Waals surface area contributed by atoms with E-state index in [0.29, 0.717) is 36.4 Å². The zero-order chi connectivity index (χ0) is 26.8. The van der Waals surface area contributed by atoms with E-state index in [2.05, 4.69) is 10.6 Å². The maximum absolute atomic E-state index is 13.6. The van der Waals surface area contributed by atoms with Gasteiger partial charge in [0.1, 0.15) is 5.54 Å². The molecule has 1 atom stereocenters. The van der Waals surface area contributed by atoms with Gasteiger partial charge in [-0.15, -0.1) is 11.3 Å². The highest BCUT2D eigenvalue weighted by molar-refractivity contribution is 7.92. The minimum Gasteiger partial charge on any atom is -0.363 e. The average molecular weight is 546 g/mol. The smallest absolute Gasteiger partial charge is 0.262 e. The van der Waals surface area contributed by atoms with Crippen molar-refractivity contribution in [2.75, 3.05) is 18.0 Å². The molecule has 1 aromatic heterocycles. The molecule has 200 valence electrons. The summed E-state index contributed by atoms with van der Waals surface area (Å²) in [6.07, 6.45) is 4.06. The number of para-hydroxylation sites is 1. The number of carbonyl (C=O) groups is 3. The van der Waals surface area contributed by atoms with Gasteiger partial charge in [0.15, 0.2) is 15.6 Å². The molecule has 2 heterocycles. The summed E-state index contributed by atoms with van der Waals surface area (Å²) in [4.78, 5) is 43.2.